The molecule has 0 saturated carbocycles. The van der Waals surface area contributed by atoms with Gasteiger partial charge in [-0.3, -0.25) is 9.69 Å². The lowest BCUT2D eigenvalue weighted by Crippen LogP contribution is -2.27. The summed E-state index contributed by atoms with van der Waals surface area (Å²) < 4.78 is 5.63. The lowest BCUT2D eigenvalue weighted by atomic mass is 10.1. The summed E-state index contributed by atoms with van der Waals surface area (Å²) in [7, 11) is 0. The third-order valence-corrected chi connectivity index (χ3v) is 5.00. The second kappa shape index (κ2) is 8.46. The molecule has 0 bridgehead atoms. The Morgan fingerprint density at radius 1 is 1.21 bits per heavy atom. The first-order valence-electron chi connectivity index (χ1n) is 8.64. The van der Waals surface area contributed by atoms with Crippen molar-refractivity contribution < 1.29 is 4.74 Å². The fourth-order valence-corrected chi connectivity index (χ4v) is 3.80. The summed E-state index contributed by atoms with van der Waals surface area (Å²) in [5, 5.41) is 3.42. The molecular formula is C18H25N3O2S. The summed E-state index contributed by atoms with van der Waals surface area (Å²) in [6, 6.07) is 7.99. The van der Waals surface area contributed by atoms with Crippen LogP contribution in [0, 0.1) is 0 Å². The number of rotatable bonds is 6. The molecule has 0 spiro atoms. The molecule has 0 unspecified atom stereocenters. The van der Waals surface area contributed by atoms with Crippen LogP contribution in [0.2, 0.25) is 0 Å². The first kappa shape index (κ1) is 17.2. The average Bonchev–Trinajstić information content (AvgIpc) is 2.79. The van der Waals surface area contributed by atoms with Gasteiger partial charge in [0.05, 0.1) is 12.3 Å². The Labute approximate surface area is 146 Å². The van der Waals surface area contributed by atoms with Crippen molar-refractivity contribution in [2.24, 2.45) is 0 Å². The van der Waals surface area contributed by atoms with E-state index in [4.69, 9.17) is 4.74 Å². The van der Waals surface area contributed by atoms with E-state index in [0.29, 0.717) is 0 Å². The monoisotopic (exact) mass is 347 g/mol. The van der Waals surface area contributed by atoms with Crippen molar-refractivity contribution in [3.8, 4) is 17.0 Å². The van der Waals surface area contributed by atoms with Crippen molar-refractivity contribution in [3.05, 3.63) is 38.8 Å². The molecule has 1 aromatic carbocycles. The SMILES string of the molecule is CCCOc1ccc(-c2[nH]c(=O)sc2CN2CCCNCC2)cc1. The molecule has 1 saturated heterocycles. The smallest absolute Gasteiger partial charge is 0.305 e. The predicted molar refractivity (Wildman–Crippen MR) is 98.9 cm³/mol. The predicted octanol–water partition coefficient (Wildman–Crippen LogP) is 2.69. The molecule has 1 fully saturated rings. The van der Waals surface area contributed by atoms with Crippen LogP contribution >= 0.6 is 11.3 Å². The van der Waals surface area contributed by atoms with Gasteiger partial charge in [0.25, 0.3) is 0 Å². The zero-order chi connectivity index (χ0) is 16.8. The van der Waals surface area contributed by atoms with Gasteiger partial charge in [0.2, 0.25) is 0 Å². The minimum absolute atomic E-state index is 0.0132. The van der Waals surface area contributed by atoms with E-state index in [1.807, 2.05) is 24.3 Å². The standard InChI is InChI=1S/C18H25N3O2S/c1-2-12-23-15-6-4-14(5-7-15)17-16(24-18(22)20-17)13-21-10-3-8-19-9-11-21/h4-7,19H,2-3,8-13H2,1H3,(H,20,22). The van der Waals surface area contributed by atoms with Crippen LogP contribution in [0.25, 0.3) is 11.3 Å². The molecule has 130 valence electrons. The van der Waals surface area contributed by atoms with E-state index < -0.39 is 0 Å². The molecule has 1 aliphatic heterocycles. The minimum atomic E-state index is 0.0132. The van der Waals surface area contributed by atoms with Crippen molar-refractivity contribution in [3.63, 3.8) is 0 Å². The van der Waals surface area contributed by atoms with Crippen LogP contribution in [0.15, 0.2) is 29.1 Å². The molecule has 5 nitrogen and oxygen atoms in total. The van der Waals surface area contributed by atoms with Gasteiger partial charge in [0, 0.05) is 24.5 Å². The molecule has 1 aliphatic rings. The highest BCUT2D eigenvalue weighted by atomic mass is 32.1. The number of thiazole rings is 1. The van der Waals surface area contributed by atoms with Crippen LogP contribution in [0.1, 0.15) is 24.6 Å². The molecular weight excluding hydrogens is 322 g/mol. The van der Waals surface area contributed by atoms with E-state index in [0.717, 1.165) is 74.1 Å². The molecule has 2 aromatic rings. The molecule has 1 aromatic heterocycles. The number of nitrogens with one attached hydrogen (secondary N) is 2. The van der Waals surface area contributed by atoms with Gasteiger partial charge in [-0.2, -0.15) is 0 Å². The Morgan fingerprint density at radius 3 is 2.83 bits per heavy atom. The molecule has 0 aliphatic carbocycles. The van der Waals surface area contributed by atoms with Gasteiger partial charge in [0.15, 0.2) is 0 Å². The highest BCUT2D eigenvalue weighted by molar-refractivity contribution is 7.09. The van der Waals surface area contributed by atoms with Crippen LogP contribution in [0.5, 0.6) is 5.75 Å². The Balaban J connectivity index is 1.76. The van der Waals surface area contributed by atoms with Crippen LogP contribution in [0.4, 0.5) is 0 Å². The second-order valence-electron chi connectivity index (χ2n) is 6.07. The quantitative estimate of drug-likeness (QED) is 0.843. The van der Waals surface area contributed by atoms with Gasteiger partial charge in [-0.15, -0.1) is 0 Å². The van der Waals surface area contributed by atoms with E-state index in [9.17, 15) is 4.79 Å². The minimum Gasteiger partial charge on any atom is -0.494 e. The summed E-state index contributed by atoms with van der Waals surface area (Å²) in [6.07, 6.45) is 2.15. The normalized spacial score (nSPS) is 16.0. The lowest BCUT2D eigenvalue weighted by Gasteiger charge is -2.19. The van der Waals surface area contributed by atoms with Gasteiger partial charge in [0.1, 0.15) is 5.75 Å². The number of H-pyrrole nitrogens is 1. The van der Waals surface area contributed by atoms with Crippen LogP contribution in [0.3, 0.4) is 0 Å². The number of ether oxygens (including phenoxy) is 1. The van der Waals surface area contributed by atoms with Crippen LogP contribution < -0.4 is 14.9 Å². The number of hydrogen-bond acceptors (Lipinski definition) is 5. The van der Waals surface area contributed by atoms with E-state index >= 15 is 0 Å². The molecule has 2 N–H and O–H groups in total. The first-order valence-corrected chi connectivity index (χ1v) is 9.46. The summed E-state index contributed by atoms with van der Waals surface area (Å²) >= 11 is 1.32. The zero-order valence-corrected chi connectivity index (χ0v) is 15.0. The third kappa shape index (κ3) is 4.47. The van der Waals surface area contributed by atoms with Crippen molar-refractivity contribution in [1.29, 1.82) is 0 Å². The van der Waals surface area contributed by atoms with Crippen molar-refractivity contribution in [2.45, 2.75) is 26.3 Å². The largest absolute Gasteiger partial charge is 0.494 e. The number of benzene rings is 1. The van der Waals surface area contributed by atoms with Gasteiger partial charge in [-0.05, 0) is 55.8 Å². The Bertz CT molecular complexity index is 685. The van der Waals surface area contributed by atoms with Crippen LogP contribution in [-0.4, -0.2) is 42.7 Å². The molecule has 24 heavy (non-hydrogen) atoms. The number of aromatic amines is 1. The van der Waals surface area contributed by atoms with Crippen molar-refractivity contribution in [2.75, 3.05) is 32.8 Å². The Hall–Kier alpha value is -1.63. The molecule has 0 atom stereocenters. The molecule has 3 rings (SSSR count). The van der Waals surface area contributed by atoms with E-state index in [1.165, 1.54) is 11.3 Å². The third-order valence-electron chi connectivity index (χ3n) is 4.14. The van der Waals surface area contributed by atoms with E-state index in [2.05, 4.69) is 22.1 Å². The van der Waals surface area contributed by atoms with Gasteiger partial charge < -0.3 is 15.0 Å². The zero-order valence-electron chi connectivity index (χ0n) is 14.1. The topological polar surface area (TPSA) is 57.4 Å². The number of hydrogen-bond donors (Lipinski definition) is 2. The highest BCUT2D eigenvalue weighted by Gasteiger charge is 2.15. The maximum absolute atomic E-state index is 11.9. The van der Waals surface area contributed by atoms with Crippen LogP contribution in [-0.2, 0) is 6.54 Å². The fourth-order valence-electron chi connectivity index (χ4n) is 2.91. The Kier molecular flexibility index (Phi) is 6.07. The first-order chi connectivity index (χ1) is 11.8. The number of nitrogens with zero attached hydrogens (tertiary/aromatic N) is 1. The van der Waals surface area contributed by atoms with Gasteiger partial charge in [-0.1, -0.05) is 18.3 Å². The highest BCUT2D eigenvalue weighted by Crippen LogP contribution is 2.26. The second-order valence-corrected chi connectivity index (χ2v) is 7.13. The maximum atomic E-state index is 11.9. The number of aromatic nitrogens is 1. The molecule has 2 heterocycles. The van der Waals surface area contributed by atoms with Gasteiger partial charge in [-0.25, -0.2) is 0 Å². The summed E-state index contributed by atoms with van der Waals surface area (Å²) in [5.74, 6) is 0.873. The fraction of sp³-hybridized carbons (Fsp3) is 0.500. The molecule has 0 amide bonds. The average molecular weight is 347 g/mol. The summed E-state index contributed by atoms with van der Waals surface area (Å²) in [4.78, 5) is 18.5. The van der Waals surface area contributed by atoms with Crippen molar-refractivity contribution >= 4 is 11.3 Å². The molecule has 0 radical (unpaired) electrons. The van der Waals surface area contributed by atoms with E-state index in [1.54, 1.807) is 0 Å². The molecule has 6 heteroatoms. The Morgan fingerprint density at radius 2 is 2.04 bits per heavy atom. The summed E-state index contributed by atoms with van der Waals surface area (Å²) in [5.41, 5.74) is 1.99. The maximum Gasteiger partial charge on any atom is 0.305 e. The lowest BCUT2D eigenvalue weighted by molar-refractivity contribution is 0.287. The van der Waals surface area contributed by atoms with Crippen molar-refractivity contribution in [1.82, 2.24) is 15.2 Å². The van der Waals surface area contributed by atoms with Gasteiger partial charge >= 0.3 is 4.87 Å². The van der Waals surface area contributed by atoms with E-state index in [-0.39, 0.29) is 4.87 Å². The summed E-state index contributed by atoms with van der Waals surface area (Å²) in [6.45, 7) is 7.83.